The van der Waals surface area contributed by atoms with Gasteiger partial charge in [0.25, 0.3) is 10.3 Å². The first kappa shape index (κ1) is 22.6. The molecule has 0 fully saturated rings. The lowest BCUT2D eigenvalue weighted by Gasteiger charge is -2.22. The predicted octanol–water partition coefficient (Wildman–Crippen LogP) is 2.94. The zero-order valence-electron chi connectivity index (χ0n) is 12.6. The maximum Gasteiger partial charge on any atom is 0.259 e. The number of rotatable bonds is 3. The van der Waals surface area contributed by atoms with Crippen molar-refractivity contribution in [1.82, 2.24) is 4.90 Å². The van der Waals surface area contributed by atoms with Crippen molar-refractivity contribution in [2.24, 2.45) is 5.73 Å². The van der Waals surface area contributed by atoms with Crippen LogP contribution in [-0.4, -0.2) is 41.6 Å². The van der Waals surface area contributed by atoms with E-state index in [1.165, 1.54) is 7.11 Å². The second-order valence-electron chi connectivity index (χ2n) is 3.13. The van der Waals surface area contributed by atoms with Crippen LogP contribution in [0.25, 0.3) is 0 Å². The van der Waals surface area contributed by atoms with Gasteiger partial charge < -0.3 is 20.1 Å². The second-order valence-corrected chi connectivity index (χ2v) is 3.88. The molecule has 0 aliphatic rings. The molecule has 0 aromatic heterocycles. The largest absolute Gasteiger partial charge is 0.475 e. The van der Waals surface area contributed by atoms with Crippen LogP contribution in [0.2, 0.25) is 0 Å². The van der Waals surface area contributed by atoms with Crippen molar-refractivity contribution >= 4 is 34.8 Å². The van der Waals surface area contributed by atoms with Gasteiger partial charge in [0.1, 0.15) is 0 Å². The summed E-state index contributed by atoms with van der Waals surface area (Å²) in [4.78, 5) is 2.02. The van der Waals surface area contributed by atoms with Gasteiger partial charge in [0.15, 0.2) is 0 Å². The van der Waals surface area contributed by atoms with Gasteiger partial charge >= 0.3 is 0 Å². The minimum atomic E-state index is 0.0880. The molecule has 110 valence electrons. The van der Waals surface area contributed by atoms with Gasteiger partial charge in [-0.3, -0.25) is 0 Å². The van der Waals surface area contributed by atoms with E-state index in [1.54, 1.807) is 0 Å². The van der Waals surface area contributed by atoms with Crippen LogP contribution in [-0.2, 0) is 9.47 Å². The number of hydrogen-bond acceptors (Lipinski definition) is 4. The second kappa shape index (κ2) is 16.4. The summed E-state index contributed by atoms with van der Waals surface area (Å²) in [6.07, 6.45) is 0.183. The molecule has 0 spiro atoms. The summed E-state index contributed by atoms with van der Waals surface area (Å²) in [6.45, 7) is 13.9. The number of ether oxygens (including phenoxy) is 2. The van der Waals surface area contributed by atoms with Gasteiger partial charge in [-0.25, -0.2) is 0 Å². The SMILES string of the molecule is CC.CCN(CC)C(=S)OC(C)C.COC(N)=S. The topological polar surface area (TPSA) is 47.7 Å². The average Bonchev–Trinajstić information content (AvgIpc) is 2.33. The fourth-order valence-corrected chi connectivity index (χ4v) is 1.21. The maximum absolute atomic E-state index is 5.35. The molecule has 0 aromatic rings. The average molecular weight is 297 g/mol. The van der Waals surface area contributed by atoms with E-state index >= 15 is 0 Å². The first-order valence-electron chi connectivity index (χ1n) is 6.17. The Morgan fingerprint density at radius 1 is 1.17 bits per heavy atom. The van der Waals surface area contributed by atoms with E-state index in [0.29, 0.717) is 5.17 Å². The Labute approximate surface area is 123 Å². The molecule has 6 heteroatoms. The quantitative estimate of drug-likeness (QED) is 0.808. The smallest absolute Gasteiger partial charge is 0.259 e. The lowest BCUT2D eigenvalue weighted by Crippen LogP contribution is -2.32. The van der Waals surface area contributed by atoms with Gasteiger partial charge in [-0.15, -0.1) is 0 Å². The molecule has 0 saturated heterocycles. The lowest BCUT2D eigenvalue weighted by atomic mass is 10.5. The van der Waals surface area contributed by atoms with Crippen molar-refractivity contribution in [2.75, 3.05) is 20.2 Å². The highest BCUT2D eigenvalue weighted by Crippen LogP contribution is 1.97. The Hall–Kier alpha value is -0.620. The van der Waals surface area contributed by atoms with Crippen LogP contribution in [0.5, 0.6) is 0 Å². The molecule has 0 bridgehead atoms. The minimum Gasteiger partial charge on any atom is -0.475 e. The minimum absolute atomic E-state index is 0.0880. The third kappa shape index (κ3) is 17.8. The predicted molar refractivity (Wildman–Crippen MR) is 86.9 cm³/mol. The van der Waals surface area contributed by atoms with Crippen molar-refractivity contribution in [3.05, 3.63) is 0 Å². The fraction of sp³-hybridized carbons (Fsp3) is 0.833. The summed E-state index contributed by atoms with van der Waals surface area (Å²) in [5.74, 6) is 0. The van der Waals surface area contributed by atoms with E-state index in [1.807, 2.05) is 32.6 Å². The summed E-state index contributed by atoms with van der Waals surface area (Å²) in [5.41, 5.74) is 4.80. The van der Waals surface area contributed by atoms with Crippen molar-refractivity contribution in [1.29, 1.82) is 0 Å². The molecule has 0 atom stereocenters. The highest BCUT2D eigenvalue weighted by molar-refractivity contribution is 7.80. The molecule has 0 aromatic carbocycles. The normalized spacial score (nSPS) is 8.22. The van der Waals surface area contributed by atoms with Crippen LogP contribution in [0.4, 0.5) is 0 Å². The molecule has 0 heterocycles. The number of nitrogens with zero attached hydrogens (tertiary/aromatic N) is 1. The van der Waals surface area contributed by atoms with E-state index in [4.69, 9.17) is 22.7 Å². The summed E-state index contributed by atoms with van der Waals surface area (Å²) in [7, 11) is 1.43. The van der Waals surface area contributed by atoms with Gasteiger partial charge in [-0.05, 0) is 52.1 Å². The number of hydrogen-bond donors (Lipinski definition) is 1. The van der Waals surface area contributed by atoms with Crippen molar-refractivity contribution in [2.45, 2.75) is 47.6 Å². The van der Waals surface area contributed by atoms with E-state index < -0.39 is 0 Å². The zero-order valence-corrected chi connectivity index (χ0v) is 14.3. The molecule has 18 heavy (non-hydrogen) atoms. The molecular weight excluding hydrogens is 268 g/mol. The van der Waals surface area contributed by atoms with Gasteiger partial charge in [0.05, 0.1) is 13.2 Å². The molecule has 0 amide bonds. The highest BCUT2D eigenvalue weighted by atomic mass is 32.1. The monoisotopic (exact) mass is 296 g/mol. The van der Waals surface area contributed by atoms with E-state index in [9.17, 15) is 0 Å². The Balaban J connectivity index is -0.000000270. The molecular formula is C12H28N2O2S2. The van der Waals surface area contributed by atoms with Crippen molar-refractivity contribution in [3.63, 3.8) is 0 Å². The molecule has 0 aliphatic heterocycles. The standard InChI is InChI=1S/C8H17NOS.C2H5NOS.C2H6/c1-5-9(6-2)8(11)10-7(3)4;1-4-2(3)5;1-2/h7H,5-6H2,1-4H3;1H3,(H2,3,5);1-2H3. The van der Waals surface area contributed by atoms with Gasteiger partial charge in [0.2, 0.25) is 0 Å². The molecule has 4 nitrogen and oxygen atoms in total. The van der Waals surface area contributed by atoms with E-state index in [0.717, 1.165) is 13.1 Å². The Morgan fingerprint density at radius 3 is 1.67 bits per heavy atom. The molecule has 0 aliphatic carbocycles. The Morgan fingerprint density at radius 2 is 1.50 bits per heavy atom. The van der Waals surface area contributed by atoms with Crippen LogP contribution in [0.15, 0.2) is 0 Å². The molecule has 0 rings (SSSR count). The maximum atomic E-state index is 5.35. The number of thiocarbonyl (C=S) groups is 2. The molecule has 0 unspecified atom stereocenters. The van der Waals surface area contributed by atoms with Crippen molar-refractivity contribution in [3.8, 4) is 0 Å². The molecule has 2 N–H and O–H groups in total. The van der Waals surface area contributed by atoms with Crippen LogP contribution in [0.1, 0.15) is 41.5 Å². The van der Waals surface area contributed by atoms with E-state index in [2.05, 4.69) is 30.8 Å². The summed E-state index contributed by atoms with van der Waals surface area (Å²) < 4.78 is 9.61. The number of methoxy groups -OCH3 is 1. The van der Waals surface area contributed by atoms with Gasteiger partial charge in [-0.1, -0.05) is 13.8 Å². The summed E-state index contributed by atoms with van der Waals surface area (Å²) >= 11 is 9.31. The fourth-order valence-electron chi connectivity index (χ4n) is 0.758. The first-order chi connectivity index (χ1) is 8.38. The third-order valence-corrected chi connectivity index (χ3v) is 2.08. The van der Waals surface area contributed by atoms with E-state index in [-0.39, 0.29) is 11.3 Å². The molecule has 0 radical (unpaired) electrons. The van der Waals surface area contributed by atoms with Gasteiger partial charge in [-0.2, -0.15) is 0 Å². The zero-order chi connectivity index (χ0) is 15.1. The van der Waals surface area contributed by atoms with Crippen LogP contribution in [0, 0.1) is 0 Å². The lowest BCUT2D eigenvalue weighted by molar-refractivity contribution is 0.191. The summed E-state index contributed by atoms with van der Waals surface area (Å²) in [5, 5.41) is 0.704. The Kier molecular flexibility index (Phi) is 20.5. The third-order valence-electron chi connectivity index (χ3n) is 1.56. The Bertz CT molecular complexity index is 208. The number of nitrogens with two attached hydrogens (primary N) is 1. The van der Waals surface area contributed by atoms with Gasteiger partial charge in [0, 0.05) is 13.1 Å². The van der Waals surface area contributed by atoms with Crippen molar-refractivity contribution < 1.29 is 9.47 Å². The van der Waals surface area contributed by atoms with Crippen LogP contribution in [0.3, 0.4) is 0 Å². The summed E-state index contributed by atoms with van der Waals surface area (Å²) in [6, 6.07) is 0. The molecule has 0 saturated carbocycles. The highest BCUT2D eigenvalue weighted by Gasteiger charge is 2.06. The first-order valence-corrected chi connectivity index (χ1v) is 6.99. The van der Waals surface area contributed by atoms with Crippen LogP contribution >= 0.6 is 24.4 Å². The van der Waals surface area contributed by atoms with Crippen LogP contribution < -0.4 is 5.73 Å².